The molecular weight excluding hydrogens is 183 g/mol. The van der Waals surface area contributed by atoms with Gasteiger partial charge in [-0.25, -0.2) is 0 Å². The van der Waals surface area contributed by atoms with Crippen LogP contribution in [0.1, 0.15) is 12.5 Å². The molecule has 0 saturated carbocycles. The summed E-state index contributed by atoms with van der Waals surface area (Å²) in [6.45, 7) is 1.95. The molecule has 14 heavy (non-hydrogen) atoms. The van der Waals surface area contributed by atoms with Crippen LogP contribution in [0.4, 0.5) is 0 Å². The van der Waals surface area contributed by atoms with Gasteiger partial charge in [0.25, 0.3) is 0 Å². The van der Waals surface area contributed by atoms with Crippen molar-refractivity contribution in [1.29, 1.82) is 0 Å². The van der Waals surface area contributed by atoms with Gasteiger partial charge in [-0.05, 0) is 30.2 Å². The molecule has 0 aliphatic carbocycles. The highest BCUT2D eigenvalue weighted by Gasteiger charge is 2.13. The van der Waals surface area contributed by atoms with Crippen LogP contribution in [0, 0.1) is 0 Å². The van der Waals surface area contributed by atoms with Gasteiger partial charge in [-0.1, -0.05) is 6.92 Å². The zero-order chi connectivity index (χ0) is 10.6. The Morgan fingerprint density at radius 3 is 2.57 bits per heavy atom. The van der Waals surface area contributed by atoms with Crippen molar-refractivity contribution in [1.82, 2.24) is 0 Å². The predicted octanol–water partition coefficient (Wildman–Crippen LogP) is 0.606. The molecule has 1 aromatic rings. The van der Waals surface area contributed by atoms with E-state index < -0.39 is 7.32 Å². The molecule has 0 aliphatic rings. The molecule has 0 aliphatic heterocycles. The summed E-state index contributed by atoms with van der Waals surface area (Å²) in [5, 5.41) is 17.3. The van der Waals surface area contributed by atoms with E-state index in [1.54, 1.807) is 25.3 Å². The number of benzene rings is 1. The second-order valence-corrected chi connectivity index (χ2v) is 2.77. The van der Waals surface area contributed by atoms with Gasteiger partial charge in [0.2, 0.25) is 0 Å². The van der Waals surface area contributed by atoms with E-state index in [1.807, 2.05) is 6.92 Å². The Morgan fingerprint density at radius 2 is 2.07 bits per heavy atom. The van der Waals surface area contributed by atoms with Gasteiger partial charge < -0.3 is 19.4 Å². The van der Waals surface area contributed by atoms with Crippen molar-refractivity contribution < 1.29 is 19.4 Å². The second kappa shape index (κ2) is 4.88. The molecular formula is C9H13BO4. The molecule has 1 aromatic carbocycles. The summed E-state index contributed by atoms with van der Waals surface area (Å²) < 4.78 is 9.83. The van der Waals surface area contributed by atoms with E-state index in [9.17, 15) is 0 Å². The van der Waals surface area contributed by atoms with Gasteiger partial charge in [0.15, 0.2) is 0 Å². The summed E-state index contributed by atoms with van der Waals surface area (Å²) in [6, 6.07) is 5.16. The van der Waals surface area contributed by atoms with E-state index in [4.69, 9.17) is 19.4 Å². The minimum Gasteiger partial charge on any atom is -0.512 e. The summed E-state index contributed by atoms with van der Waals surface area (Å²) in [4.78, 5) is 0. The van der Waals surface area contributed by atoms with E-state index in [0.717, 1.165) is 17.7 Å². The fourth-order valence-corrected chi connectivity index (χ4v) is 1.19. The summed E-state index contributed by atoms with van der Waals surface area (Å²) in [7, 11) is -0.204. The third kappa shape index (κ3) is 2.65. The molecule has 2 N–H and O–H groups in total. The topological polar surface area (TPSA) is 58.9 Å². The van der Waals surface area contributed by atoms with Crippen LogP contribution < -0.4 is 9.39 Å². The number of ether oxygens (including phenoxy) is 1. The largest absolute Gasteiger partial charge is 0.707 e. The monoisotopic (exact) mass is 196 g/mol. The standard InChI is InChI=1S/C9H13BO4/c1-3-7-6-8(13-2)4-5-9(7)14-10(11)12/h4-6,11-12H,3H2,1-2H3. The smallest absolute Gasteiger partial charge is 0.512 e. The lowest BCUT2D eigenvalue weighted by Gasteiger charge is -2.10. The quantitative estimate of drug-likeness (QED) is 0.692. The summed E-state index contributed by atoms with van der Waals surface area (Å²) >= 11 is 0. The molecule has 0 atom stereocenters. The minimum absolute atomic E-state index is 0.461. The lowest BCUT2D eigenvalue weighted by molar-refractivity contribution is 0.286. The normalized spacial score (nSPS) is 9.71. The fraction of sp³-hybridized carbons (Fsp3) is 0.333. The first-order valence-electron chi connectivity index (χ1n) is 4.37. The lowest BCUT2D eigenvalue weighted by Crippen LogP contribution is -2.21. The van der Waals surface area contributed by atoms with Gasteiger partial charge in [0.05, 0.1) is 7.11 Å². The summed E-state index contributed by atoms with van der Waals surface area (Å²) in [5.41, 5.74) is 0.873. The highest BCUT2D eigenvalue weighted by molar-refractivity contribution is 6.33. The number of aryl methyl sites for hydroxylation is 1. The SMILES string of the molecule is CCc1cc(OC)ccc1OB(O)O. The van der Waals surface area contributed by atoms with E-state index in [0.29, 0.717) is 5.75 Å². The Labute approximate surface area is 83.3 Å². The van der Waals surface area contributed by atoms with Crippen LogP contribution in [0.5, 0.6) is 11.5 Å². The number of hydrogen-bond donors (Lipinski definition) is 2. The first-order valence-corrected chi connectivity index (χ1v) is 4.37. The maximum absolute atomic E-state index is 8.65. The average Bonchev–Trinajstić information content (AvgIpc) is 2.17. The number of methoxy groups -OCH3 is 1. The lowest BCUT2D eigenvalue weighted by atomic mass is 10.1. The van der Waals surface area contributed by atoms with E-state index in [1.165, 1.54) is 0 Å². The van der Waals surface area contributed by atoms with Crippen molar-refractivity contribution in [3.63, 3.8) is 0 Å². The second-order valence-electron chi connectivity index (χ2n) is 2.77. The predicted molar refractivity (Wildman–Crippen MR) is 53.2 cm³/mol. The van der Waals surface area contributed by atoms with Crippen molar-refractivity contribution in [3.8, 4) is 11.5 Å². The molecule has 0 aromatic heterocycles. The van der Waals surface area contributed by atoms with Crippen molar-refractivity contribution in [3.05, 3.63) is 23.8 Å². The molecule has 0 unspecified atom stereocenters. The number of rotatable bonds is 4. The van der Waals surface area contributed by atoms with E-state index in [2.05, 4.69) is 0 Å². The van der Waals surface area contributed by atoms with Gasteiger partial charge >= 0.3 is 7.32 Å². The van der Waals surface area contributed by atoms with Gasteiger partial charge in [-0.3, -0.25) is 0 Å². The molecule has 0 fully saturated rings. The van der Waals surface area contributed by atoms with Crippen molar-refractivity contribution >= 4 is 7.32 Å². The van der Waals surface area contributed by atoms with Crippen LogP contribution >= 0.6 is 0 Å². The Hall–Kier alpha value is -1.20. The molecule has 76 valence electrons. The third-order valence-corrected chi connectivity index (χ3v) is 1.88. The fourth-order valence-electron chi connectivity index (χ4n) is 1.19. The summed E-state index contributed by atoms with van der Waals surface area (Å²) in [5.74, 6) is 1.19. The molecule has 0 bridgehead atoms. The minimum atomic E-state index is -1.78. The molecule has 4 nitrogen and oxygen atoms in total. The first kappa shape index (κ1) is 10.9. The average molecular weight is 196 g/mol. The van der Waals surface area contributed by atoms with Crippen LogP contribution in [-0.4, -0.2) is 24.5 Å². The van der Waals surface area contributed by atoms with Crippen molar-refractivity contribution in [2.45, 2.75) is 13.3 Å². The number of hydrogen-bond acceptors (Lipinski definition) is 4. The van der Waals surface area contributed by atoms with Crippen LogP contribution in [0.25, 0.3) is 0 Å². The van der Waals surface area contributed by atoms with E-state index >= 15 is 0 Å². The van der Waals surface area contributed by atoms with Crippen molar-refractivity contribution in [2.75, 3.05) is 7.11 Å². The van der Waals surface area contributed by atoms with Crippen LogP contribution in [0.2, 0.25) is 0 Å². The molecule has 0 saturated heterocycles. The molecule has 1 rings (SSSR count). The third-order valence-electron chi connectivity index (χ3n) is 1.88. The van der Waals surface area contributed by atoms with Crippen molar-refractivity contribution in [2.24, 2.45) is 0 Å². The van der Waals surface area contributed by atoms with E-state index in [-0.39, 0.29) is 0 Å². The van der Waals surface area contributed by atoms with Gasteiger partial charge in [-0.15, -0.1) is 0 Å². The van der Waals surface area contributed by atoms with Gasteiger partial charge in [-0.2, -0.15) is 0 Å². The van der Waals surface area contributed by atoms with Gasteiger partial charge in [0, 0.05) is 0 Å². The Bertz CT molecular complexity index is 301. The van der Waals surface area contributed by atoms with Crippen LogP contribution in [0.15, 0.2) is 18.2 Å². The zero-order valence-corrected chi connectivity index (χ0v) is 8.23. The van der Waals surface area contributed by atoms with Crippen LogP contribution in [-0.2, 0) is 6.42 Å². The molecule has 5 heteroatoms. The highest BCUT2D eigenvalue weighted by Crippen LogP contribution is 2.24. The molecule has 0 spiro atoms. The molecule has 0 radical (unpaired) electrons. The van der Waals surface area contributed by atoms with Gasteiger partial charge in [0.1, 0.15) is 11.5 Å². The Morgan fingerprint density at radius 1 is 1.36 bits per heavy atom. The highest BCUT2D eigenvalue weighted by atomic mass is 16.6. The zero-order valence-electron chi connectivity index (χ0n) is 8.23. The molecule has 0 heterocycles. The van der Waals surface area contributed by atoms with Crippen LogP contribution in [0.3, 0.4) is 0 Å². The maximum atomic E-state index is 8.65. The first-order chi connectivity index (χ1) is 6.67. The Balaban J connectivity index is 2.93. The maximum Gasteiger partial charge on any atom is 0.707 e. The summed E-state index contributed by atoms with van der Waals surface area (Å²) in [6.07, 6.45) is 0.735. The Kier molecular flexibility index (Phi) is 3.79. The molecule has 0 amide bonds.